The van der Waals surface area contributed by atoms with E-state index in [0.717, 1.165) is 18.9 Å². The van der Waals surface area contributed by atoms with Crippen LogP contribution in [0.25, 0.3) is 0 Å². The molecule has 1 fully saturated rings. The van der Waals surface area contributed by atoms with Crippen molar-refractivity contribution in [3.63, 3.8) is 0 Å². The van der Waals surface area contributed by atoms with E-state index in [4.69, 9.17) is 10.2 Å². The molecular formula is C14H16N2O5. The molecule has 0 aliphatic heterocycles. The van der Waals surface area contributed by atoms with Gasteiger partial charge in [-0.1, -0.05) is 0 Å². The third kappa shape index (κ3) is 3.95. The highest BCUT2D eigenvalue weighted by Gasteiger charge is 2.25. The summed E-state index contributed by atoms with van der Waals surface area (Å²) >= 11 is 0. The van der Waals surface area contributed by atoms with Crippen LogP contribution in [0.1, 0.15) is 33.6 Å². The molecular weight excluding hydrogens is 276 g/mol. The number of hydrogen-bond acceptors (Lipinski definition) is 3. The predicted octanol–water partition coefficient (Wildman–Crippen LogP) is 1.96. The lowest BCUT2D eigenvalue weighted by Crippen LogP contribution is -2.33. The van der Waals surface area contributed by atoms with Crippen LogP contribution in [0.5, 0.6) is 0 Å². The molecule has 1 aromatic rings. The summed E-state index contributed by atoms with van der Waals surface area (Å²) in [5.41, 5.74) is -0.218. The maximum Gasteiger partial charge on any atom is 0.335 e. The zero-order valence-corrected chi connectivity index (χ0v) is 11.5. The van der Waals surface area contributed by atoms with Gasteiger partial charge in [-0.3, -0.25) is 0 Å². The Morgan fingerprint density at radius 1 is 1.14 bits per heavy atom. The van der Waals surface area contributed by atoms with E-state index in [-0.39, 0.29) is 22.8 Å². The summed E-state index contributed by atoms with van der Waals surface area (Å²) < 4.78 is 0. The number of carbonyl (C=O) groups excluding carboxylic acids is 1. The number of benzene rings is 1. The molecule has 7 heteroatoms. The highest BCUT2D eigenvalue weighted by molar-refractivity contribution is 5.98. The fraction of sp³-hybridized carbons (Fsp3) is 0.357. The molecule has 1 aliphatic rings. The quantitative estimate of drug-likeness (QED) is 0.769. The van der Waals surface area contributed by atoms with Crippen LogP contribution in [0.15, 0.2) is 18.2 Å². The summed E-state index contributed by atoms with van der Waals surface area (Å²) in [5.74, 6) is -1.97. The molecule has 0 heterocycles. The maximum atomic E-state index is 12.0. The largest absolute Gasteiger partial charge is 0.478 e. The molecule has 2 rings (SSSR count). The second-order valence-corrected chi connectivity index (χ2v) is 5.16. The minimum absolute atomic E-state index is 0.153. The van der Waals surface area contributed by atoms with Crippen LogP contribution in [0, 0.1) is 5.92 Å². The van der Waals surface area contributed by atoms with Gasteiger partial charge in [-0.25, -0.2) is 14.4 Å². The van der Waals surface area contributed by atoms with E-state index in [9.17, 15) is 14.4 Å². The zero-order valence-electron chi connectivity index (χ0n) is 11.5. The Morgan fingerprint density at radius 2 is 1.67 bits per heavy atom. The molecule has 0 spiro atoms. The Kier molecular flexibility index (Phi) is 4.11. The molecule has 21 heavy (non-hydrogen) atoms. The lowest BCUT2D eigenvalue weighted by molar-refractivity contribution is 0.0696. The molecule has 1 aliphatic carbocycles. The van der Waals surface area contributed by atoms with Gasteiger partial charge in [0.2, 0.25) is 0 Å². The molecule has 0 saturated heterocycles. The number of rotatable bonds is 5. The van der Waals surface area contributed by atoms with Crippen molar-refractivity contribution in [2.45, 2.75) is 12.8 Å². The Bertz CT molecular complexity index is 563. The highest BCUT2D eigenvalue weighted by atomic mass is 16.4. The topological polar surface area (TPSA) is 107 Å². The Hall–Kier alpha value is -2.57. The van der Waals surface area contributed by atoms with Crippen molar-refractivity contribution in [1.29, 1.82) is 0 Å². The number of anilines is 1. The first-order chi connectivity index (χ1) is 9.86. The van der Waals surface area contributed by atoms with Crippen LogP contribution < -0.4 is 5.32 Å². The number of urea groups is 1. The van der Waals surface area contributed by atoms with Gasteiger partial charge in [0, 0.05) is 19.3 Å². The number of nitrogens with one attached hydrogen (secondary N) is 1. The molecule has 3 N–H and O–H groups in total. The molecule has 0 atom stereocenters. The molecule has 0 radical (unpaired) electrons. The smallest absolute Gasteiger partial charge is 0.335 e. The monoisotopic (exact) mass is 292 g/mol. The molecule has 2 amide bonds. The van der Waals surface area contributed by atoms with Crippen molar-refractivity contribution in [3.05, 3.63) is 29.3 Å². The standard InChI is InChI=1S/C14H16N2O5/c1-16(7-8-2-3-8)14(21)15-11-5-9(12(17)18)4-10(6-11)13(19)20/h4-6,8H,2-3,7H2,1H3,(H,15,21)(H,17,18)(H,19,20). The zero-order chi connectivity index (χ0) is 15.6. The van der Waals surface area contributed by atoms with Crippen LogP contribution in [0.3, 0.4) is 0 Å². The third-order valence-electron chi connectivity index (χ3n) is 3.25. The van der Waals surface area contributed by atoms with Crippen molar-refractivity contribution < 1.29 is 24.6 Å². The van der Waals surface area contributed by atoms with Crippen molar-refractivity contribution in [2.75, 3.05) is 18.9 Å². The molecule has 7 nitrogen and oxygen atoms in total. The van der Waals surface area contributed by atoms with Gasteiger partial charge in [0.15, 0.2) is 0 Å². The molecule has 0 aromatic heterocycles. The fourth-order valence-electron chi connectivity index (χ4n) is 1.94. The Morgan fingerprint density at radius 3 is 2.10 bits per heavy atom. The molecule has 0 unspecified atom stereocenters. The summed E-state index contributed by atoms with van der Waals surface area (Å²) in [6, 6.07) is 3.13. The Balaban J connectivity index is 2.15. The third-order valence-corrected chi connectivity index (χ3v) is 3.25. The molecule has 1 aromatic carbocycles. The predicted molar refractivity (Wildman–Crippen MR) is 74.7 cm³/mol. The summed E-state index contributed by atoms with van der Waals surface area (Å²) in [4.78, 5) is 35.4. The number of carboxylic acids is 2. The SMILES string of the molecule is CN(CC1CC1)C(=O)Nc1cc(C(=O)O)cc(C(=O)O)c1. The van der Waals surface area contributed by atoms with Gasteiger partial charge in [-0.2, -0.15) is 0 Å². The lowest BCUT2D eigenvalue weighted by Gasteiger charge is -2.18. The summed E-state index contributed by atoms with van der Waals surface area (Å²) in [7, 11) is 1.65. The van der Waals surface area contributed by atoms with Crippen molar-refractivity contribution in [2.24, 2.45) is 5.92 Å². The first kappa shape index (κ1) is 14.8. The second kappa shape index (κ2) is 5.82. The van der Waals surface area contributed by atoms with E-state index in [2.05, 4.69) is 5.32 Å². The first-order valence-electron chi connectivity index (χ1n) is 6.50. The van der Waals surface area contributed by atoms with Gasteiger partial charge in [0.05, 0.1) is 11.1 Å². The first-order valence-corrected chi connectivity index (χ1v) is 6.50. The number of carbonyl (C=O) groups is 3. The van der Waals surface area contributed by atoms with E-state index in [1.165, 1.54) is 17.0 Å². The summed E-state index contributed by atoms with van der Waals surface area (Å²) in [6.07, 6.45) is 2.21. The number of hydrogen-bond donors (Lipinski definition) is 3. The van der Waals surface area contributed by atoms with Crippen LogP contribution in [-0.4, -0.2) is 46.7 Å². The van der Waals surface area contributed by atoms with Gasteiger partial charge >= 0.3 is 18.0 Å². The van der Waals surface area contributed by atoms with E-state index < -0.39 is 11.9 Å². The molecule has 1 saturated carbocycles. The summed E-state index contributed by atoms with van der Waals surface area (Å²) in [6.45, 7) is 0.635. The van der Waals surface area contributed by atoms with Crippen LogP contribution in [0.4, 0.5) is 10.5 Å². The van der Waals surface area contributed by atoms with Gasteiger partial charge in [0.25, 0.3) is 0 Å². The van der Waals surface area contributed by atoms with E-state index in [1.807, 2.05) is 0 Å². The number of amides is 2. The van der Waals surface area contributed by atoms with Gasteiger partial charge in [-0.15, -0.1) is 0 Å². The van der Waals surface area contributed by atoms with E-state index in [1.54, 1.807) is 7.05 Å². The number of aromatic carboxylic acids is 2. The Labute approximate surface area is 121 Å². The van der Waals surface area contributed by atoms with Crippen LogP contribution in [0.2, 0.25) is 0 Å². The lowest BCUT2D eigenvalue weighted by atomic mass is 10.1. The van der Waals surface area contributed by atoms with Crippen LogP contribution in [-0.2, 0) is 0 Å². The normalized spacial score (nSPS) is 13.6. The van der Waals surface area contributed by atoms with Crippen molar-refractivity contribution in [1.82, 2.24) is 4.90 Å². The average Bonchev–Trinajstić information content (AvgIpc) is 3.22. The fourth-order valence-corrected chi connectivity index (χ4v) is 1.94. The molecule has 0 bridgehead atoms. The van der Waals surface area contributed by atoms with Crippen molar-refractivity contribution >= 4 is 23.7 Å². The maximum absolute atomic E-state index is 12.0. The van der Waals surface area contributed by atoms with Crippen LogP contribution >= 0.6 is 0 Å². The van der Waals surface area contributed by atoms with Gasteiger partial charge in [-0.05, 0) is 37.0 Å². The average molecular weight is 292 g/mol. The van der Waals surface area contributed by atoms with Gasteiger partial charge < -0.3 is 20.4 Å². The van der Waals surface area contributed by atoms with E-state index >= 15 is 0 Å². The van der Waals surface area contributed by atoms with Gasteiger partial charge in [0.1, 0.15) is 0 Å². The molecule has 112 valence electrons. The minimum Gasteiger partial charge on any atom is -0.478 e. The summed E-state index contributed by atoms with van der Waals surface area (Å²) in [5, 5.41) is 20.5. The second-order valence-electron chi connectivity index (χ2n) is 5.16. The number of nitrogens with zero attached hydrogens (tertiary/aromatic N) is 1. The van der Waals surface area contributed by atoms with E-state index in [0.29, 0.717) is 12.5 Å². The van der Waals surface area contributed by atoms with Crippen molar-refractivity contribution in [3.8, 4) is 0 Å². The highest BCUT2D eigenvalue weighted by Crippen LogP contribution is 2.29. The minimum atomic E-state index is -1.25. The number of carboxylic acid groups (broad SMARTS) is 2.